The second kappa shape index (κ2) is 6.94. The molecule has 1 aliphatic carbocycles. The minimum absolute atomic E-state index is 0.207. The molecule has 0 unspecified atom stereocenters. The zero-order valence-corrected chi connectivity index (χ0v) is 13.4. The lowest BCUT2D eigenvalue weighted by atomic mass is 9.96. The third kappa shape index (κ3) is 4.36. The molecule has 1 aromatic heterocycles. The van der Waals surface area contributed by atoms with E-state index in [1.807, 2.05) is 0 Å². The number of nitrogens with zero attached hydrogens (tertiary/aromatic N) is 3. The largest absolute Gasteiger partial charge is 0.397 e. The van der Waals surface area contributed by atoms with Crippen molar-refractivity contribution in [3.63, 3.8) is 0 Å². The number of carbonyl (C=O) groups is 1. The molecule has 8 heteroatoms. The SMILES string of the molecule is O=C(CC(F)(F)F)NC1CCN(c2cc3c(nn2)CCCC3)CC1. The summed E-state index contributed by atoms with van der Waals surface area (Å²) in [6.07, 6.45) is -0.301. The first-order chi connectivity index (χ1) is 11.4. The maximum absolute atomic E-state index is 12.2. The zero-order chi connectivity index (χ0) is 17.2. The van der Waals surface area contributed by atoms with Crippen LogP contribution in [-0.2, 0) is 17.6 Å². The average molecular weight is 342 g/mol. The summed E-state index contributed by atoms with van der Waals surface area (Å²) in [4.78, 5) is 13.5. The fourth-order valence-corrected chi connectivity index (χ4v) is 3.35. The lowest BCUT2D eigenvalue weighted by Crippen LogP contribution is -2.45. The van der Waals surface area contributed by atoms with Crippen LogP contribution in [0.4, 0.5) is 19.0 Å². The number of fused-ring (bicyclic) bond motifs is 1. The van der Waals surface area contributed by atoms with E-state index >= 15 is 0 Å². The second-order valence-electron chi connectivity index (χ2n) is 6.50. The van der Waals surface area contributed by atoms with Crippen LogP contribution >= 0.6 is 0 Å². The molecule has 0 aromatic carbocycles. The van der Waals surface area contributed by atoms with Crippen LogP contribution in [-0.4, -0.2) is 41.4 Å². The van der Waals surface area contributed by atoms with Crippen molar-refractivity contribution < 1.29 is 18.0 Å². The van der Waals surface area contributed by atoms with Crippen molar-refractivity contribution in [2.75, 3.05) is 18.0 Å². The molecule has 132 valence electrons. The highest BCUT2D eigenvalue weighted by molar-refractivity contribution is 5.76. The standard InChI is InChI=1S/C16H21F3N4O/c17-16(18,19)10-15(24)20-12-5-7-23(8-6-12)14-9-11-3-1-2-4-13(11)21-22-14/h9,12H,1-8,10H2,(H,20,24). The number of nitrogens with one attached hydrogen (secondary N) is 1. The van der Waals surface area contributed by atoms with Gasteiger partial charge in [-0.2, -0.15) is 18.3 Å². The molecule has 0 bridgehead atoms. The lowest BCUT2D eigenvalue weighted by molar-refractivity contribution is -0.154. The molecule has 1 saturated heterocycles. The fraction of sp³-hybridized carbons (Fsp3) is 0.688. The van der Waals surface area contributed by atoms with Crippen LogP contribution in [0, 0.1) is 0 Å². The van der Waals surface area contributed by atoms with Gasteiger partial charge in [-0.05, 0) is 50.2 Å². The van der Waals surface area contributed by atoms with Crippen LogP contribution in [0.5, 0.6) is 0 Å². The van der Waals surface area contributed by atoms with E-state index in [0.29, 0.717) is 25.9 Å². The highest BCUT2D eigenvalue weighted by atomic mass is 19.4. The number of amides is 1. The third-order valence-corrected chi connectivity index (χ3v) is 4.60. The summed E-state index contributed by atoms with van der Waals surface area (Å²) in [5.41, 5.74) is 2.34. The molecular formula is C16H21F3N4O. The number of rotatable bonds is 3. The molecule has 2 aliphatic rings. The third-order valence-electron chi connectivity index (χ3n) is 4.60. The van der Waals surface area contributed by atoms with E-state index < -0.39 is 18.5 Å². The number of alkyl halides is 3. The van der Waals surface area contributed by atoms with Gasteiger partial charge < -0.3 is 10.2 Å². The van der Waals surface area contributed by atoms with Crippen LogP contribution in [0.1, 0.15) is 43.4 Å². The molecule has 2 heterocycles. The Morgan fingerprint density at radius 2 is 1.92 bits per heavy atom. The molecule has 0 atom stereocenters. The van der Waals surface area contributed by atoms with Gasteiger partial charge in [-0.15, -0.1) is 5.10 Å². The predicted molar refractivity (Wildman–Crippen MR) is 82.7 cm³/mol. The van der Waals surface area contributed by atoms with E-state index in [1.165, 1.54) is 12.0 Å². The first-order valence-corrected chi connectivity index (χ1v) is 8.37. The van der Waals surface area contributed by atoms with Gasteiger partial charge in [0, 0.05) is 19.1 Å². The normalized spacial score (nSPS) is 19.0. The Kier molecular flexibility index (Phi) is 4.91. The van der Waals surface area contributed by atoms with Crippen molar-refractivity contribution >= 4 is 11.7 Å². The first-order valence-electron chi connectivity index (χ1n) is 8.37. The molecule has 0 radical (unpaired) electrons. The maximum atomic E-state index is 12.2. The van der Waals surface area contributed by atoms with Crippen LogP contribution < -0.4 is 10.2 Å². The van der Waals surface area contributed by atoms with E-state index in [1.54, 1.807) is 0 Å². The summed E-state index contributed by atoms with van der Waals surface area (Å²) in [7, 11) is 0. The molecular weight excluding hydrogens is 321 g/mol. The molecule has 1 aromatic rings. The molecule has 0 spiro atoms. The number of hydrogen-bond donors (Lipinski definition) is 1. The van der Waals surface area contributed by atoms with Gasteiger partial charge in [0.25, 0.3) is 0 Å². The molecule has 24 heavy (non-hydrogen) atoms. The van der Waals surface area contributed by atoms with E-state index in [4.69, 9.17) is 0 Å². The Balaban J connectivity index is 1.53. The maximum Gasteiger partial charge on any atom is 0.397 e. The highest BCUT2D eigenvalue weighted by Crippen LogP contribution is 2.24. The van der Waals surface area contributed by atoms with Crippen molar-refractivity contribution in [2.45, 2.75) is 57.2 Å². The van der Waals surface area contributed by atoms with Crippen molar-refractivity contribution in [3.8, 4) is 0 Å². The zero-order valence-electron chi connectivity index (χ0n) is 13.4. The summed E-state index contributed by atoms with van der Waals surface area (Å²) >= 11 is 0. The molecule has 0 saturated carbocycles. The number of piperidine rings is 1. The predicted octanol–water partition coefficient (Wildman–Crippen LogP) is 2.39. The molecule has 1 N–H and O–H groups in total. The van der Waals surface area contributed by atoms with Gasteiger partial charge in [-0.1, -0.05) is 0 Å². The lowest BCUT2D eigenvalue weighted by Gasteiger charge is -2.33. The number of aromatic nitrogens is 2. The minimum atomic E-state index is -4.45. The Bertz CT molecular complexity index is 597. The first kappa shape index (κ1) is 17.0. The number of hydrogen-bond acceptors (Lipinski definition) is 4. The Hall–Kier alpha value is -1.86. The van der Waals surface area contributed by atoms with E-state index in [0.717, 1.165) is 30.8 Å². The molecule has 5 nitrogen and oxygen atoms in total. The van der Waals surface area contributed by atoms with Gasteiger partial charge in [0.2, 0.25) is 5.91 Å². The van der Waals surface area contributed by atoms with Crippen LogP contribution in [0.25, 0.3) is 0 Å². The molecule has 1 amide bonds. The molecule has 1 fully saturated rings. The summed E-state index contributed by atoms with van der Waals surface area (Å²) < 4.78 is 36.6. The van der Waals surface area contributed by atoms with Gasteiger partial charge in [0.1, 0.15) is 6.42 Å². The number of anilines is 1. The van der Waals surface area contributed by atoms with Crippen LogP contribution in [0.2, 0.25) is 0 Å². The highest BCUT2D eigenvalue weighted by Gasteiger charge is 2.32. The number of carbonyl (C=O) groups excluding carboxylic acids is 1. The van der Waals surface area contributed by atoms with Crippen molar-refractivity contribution in [1.82, 2.24) is 15.5 Å². The van der Waals surface area contributed by atoms with E-state index in [-0.39, 0.29) is 6.04 Å². The van der Waals surface area contributed by atoms with Crippen LogP contribution in [0.15, 0.2) is 6.07 Å². The monoisotopic (exact) mass is 342 g/mol. The summed E-state index contributed by atoms with van der Waals surface area (Å²) in [5, 5.41) is 11.1. The van der Waals surface area contributed by atoms with Gasteiger partial charge >= 0.3 is 6.18 Å². The van der Waals surface area contributed by atoms with Gasteiger partial charge in [0.05, 0.1) is 5.69 Å². The Labute approximate surface area is 138 Å². The summed E-state index contributed by atoms with van der Waals surface area (Å²) in [6, 6.07) is 1.88. The van der Waals surface area contributed by atoms with Crippen molar-refractivity contribution in [3.05, 3.63) is 17.3 Å². The fourth-order valence-electron chi connectivity index (χ4n) is 3.35. The number of aryl methyl sites for hydroxylation is 2. The van der Waals surface area contributed by atoms with Gasteiger partial charge in [-0.3, -0.25) is 4.79 Å². The second-order valence-corrected chi connectivity index (χ2v) is 6.50. The smallest absolute Gasteiger partial charge is 0.355 e. The van der Waals surface area contributed by atoms with E-state index in [2.05, 4.69) is 26.5 Å². The number of halogens is 3. The molecule has 1 aliphatic heterocycles. The quantitative estimate of drug-likeness (QED) is 0.916. The van der Waals surface area contributed by atoms with Gasteiger partial charge in [0.15, 0.2) is 5.82 Å². The van der Waals surface area contributed by atoms with Crippen LogP contribution in [0.3, 0.4) is 0 Å². The van der Waals surface area contributed by atoms with E-state index in [9.17, 15) is 18.0 Å². The van der Waals surface area contributed by atoms with Gasteiger partial charge in [-0.25, -0.2) is 0 Å². The van der Waals surface area contributed by atoms with Crippen molar-refractivity contribution in [2.24, 2.45) is 0 Å². The topological polar surface area (TPSA) is 58.1 Å². The Morgan fingerprint density at radius 3 is 2.62 bits per heavy atom. The summed E-state index contributed by atoms with van der Waals surface area (Å²) in [5.74, 6) is -0.120. The molecule has 3 rings (SSSR count). The average Bonchev–Trinajstić information content (AvgIpc) is 2.53. The minimum Gasteiger partial charge on any atom is -0.355 e. The Morgan fingerprint density at radius 1 is 1.21 bits per heavy atom. The summed E-state index contributed by atoms with van der Waals surface area (Å²) in [6.45, 7) is 1.31. The van der Waals surface area contributed by atoms with Crippen molar-refractivity contribution in [1.29, 1.82) is 0 Å².